The van der Waals surface area contributed by atoms with Crippen molar-refractivity contribution < 1.29 is 9.18 Å². The fourth-order valence-corrected chi connectivity index (χ4v) is 0.853. The Morgan fingerprint density at radius 1 is 1.50 bits per heavy atom. The summed E-state index contributed by atoms with van der Waals surface area (Å²) < 4.78 is 12.9. The minimum atomic E-state index is -0.731. The fourth-order valence-electron chi connectivity index (χ4n) is 0.853. The zero-order valence-corrected chi connectivity index (χ0v) is 6.17. The lowest BCUT2D eigenvalue weighted by Crippen LogP contribution is -2.31. The highest BCUT2D eigenvalue weighted by Crippen LogP contribution is 2.14. The summed E-state index contributed by atoms with van der Waals surface area (Å²) in [6.45, 7) is 0. The Kier molecular flexibility index (Phi) is 2.25. The van der Waals surface area contributed by atoms with E-state index >= 15 is 0 Å². The van der Waals surface area contributed by atoms with Gasteiger partial charge in [-0.05, 0) is 12.1 Å². The van der Waals surface area contributed by atoms with Crippen LogP contribution in [0, 0.1) is 5.82 Å². The molecule has 0 heterocycles. The van der Waals surface area contributed by atoms with Crippen molar-refractivity contribution in [2.45, 2.75) is 0 Å². The van der Waals surface area contributed by atoms with Gasteiger partial charge in [-0.25, -0.2) is 10.2 Å². The van der Waals surface area contributed by atoms with Gasteiger partial charge in [-0.3, -0.25) is 10.2 Å². The molecule has 64 valence electrons. The average Bonchev–Trinajstić information content (AvgIpc) is 2.03. The largest absolute Gasteiger partial charge is 0.398 e. The molecule has 0 aliphatic carbocycles. The number of carbonyl (C=O) groups is 1. The summed E-state index contributed by atoms with van der Waals surface area (Å²) in [6.07, 6.45) is 0. The van der Waals surface area contributed by atoms with E-state index in [9.17, 15) is 9.18 Å². The first kappa shape index (κ1) is 8.48. The van der Waals surface area contributed by atoms with E-state index in [1.54, 1.807) is 5.43 Å². The number of nitrogen functional groups attached to an aromatic ring is 2. The smallest absolute Gasteiger partial charge is 0.270 e. The summed E-state index contributed by atoms with van der Waals surface area (Å²) in [5.41, 5.74) is 6.99. The summed E-state index contributed by atoms with van der Waals surface area (Å²) in [5, 5.41) is 0. The molecule has 0 spiro atoms. The van der Waals surface area contributed by atoms with Crippen molar-refractivity contribution in [3.8, 4) is 0 Å². The summed E-state index contributed by atoms with van der Waals surface area (Å²) in [6, 6.07) is 3.98. The molecular weight excluding hydrogens is 161 g/mol. The van der Waals surface area contributed by atoms with Crippen LogP contribution in [0.3, 0.4) is 0 Å². The molecule has 0 atom stereocenters. The van der Waals surface area contributed by atoms with Crippen molar-refractivity contribution in [3.05, 3.63) is 29.6 Å². The quantitative estimate of drug-likeness (QED) is 0.240. The van der Waals surface area contributed by atoms with Crippen LogP contribution >= 0.6 is 0 Å². The molecule has 12 heavy (non-hydrogen) atoms. The van der Waals surface area contributed by atoms with E-state index in [1.807, 2.05) is 0 Å². The zero-order chi connectivity index (χ0) is 9.14. The molecule has 0 aliphatic rings. The number of hydrogen-bond acceptors (Lipinski definition) is 3. The van der Waals surface area contributed by atoms with Gasteiger partial charge in [0.05, 0.1) is 5.56 Å². The van der Waals surface area contributed by atoms with E-state index in [1.165, 1.54) is 12.1 Å². The van der Waals surface area contributed by atoms with Crippen molar-refractivity contribution >= 4 is 11.6 Å². The SMILES string of the molecule is NNC(=O)c1c(N)cccc1F. The Hall–Kier alpha value is -1.62. The van der Waals surface area contributed by atoms with Gasteiger partial charge in [-0.1, -0.05) is 6.07 Å². The third kappa shape index (κ3) is 1.35. The molecule has 0 unspecified atom stereocenters. The molecule has 1 rings (SSSR count). The Labute approximate surface area is 68.3 Å². The molecule has 0 saturated heterocycles. The second-order valence-corrected chi connectivity index (χ2v) is 2.18. The second kappa shape index (κ2) is 3.19. The summed E-state index contributed by atoms with van der Waals surface area (Å²) in [4.78, 5) is 10.9. The third-order valence-electron chi connectivity index (χ3n) is 1.40. The molecule has 0 saturated carbocycles. The van der Waals surface area contributed by atoms with Crippen molar-refractivity contribution in [1.29, 1.82) is 0 Å². The molecule has 1 aromatic carbocycles. The number of amides is 1. The Bertz CT molecular complexity index is 293. The van der Waals surface area contributed by atoms with Crippen molar-refractivity contribution in [2.75, 3.05) is 5.73 Å². The van der Waals surface area contributed by atoms with Crippen LogP contribution in [-0.4, -0.2) is 5.91 Å². The minimum absolute atomic E-state index is 0.0675. The maximum Gasteiger partial charge on any atom is 0.270 e. The average molecular weight is 169 g/mol. The van der Waals surface area contributed by atoms with Gasteiger partial charge in [0, 0.05) is 5.69 Å². The van der Waals surface area contributed by atoms with Gasteiger partial charge >= 0.3 is 0 Å². The number of hydrazine groups is 1. The van der Waals surface area contributed by atoms with E-state index < -0.39 is 11.7 Å². The second-order valence-electron chi connectivity index (χ2n) is 2.18. The standard InChI is InChI=1S/C7H8FN3O/c8-4-2-1-3-5(9)6(4)7(12)11-10/h1-3H,9-10H2,(H,11,12). The van der Waals surface area contributed by atoms with Crippen molar-refractivity contribution in [1.82, 2.24) is 5.43 Å². The van der Waals surface area contributed by atoms with Crippen molar-refractivity contribution in [3.63, 3.8) is 0 Å². The van der Waals surface area contributed by atoms with Gasteiger partial charge in [-0.15, -0.1) is 0 Å². The van der Waals surface area contributed by atoms with Crippen LogP contribution in [0.25, 0.3) is 0 Å². The van der Waals surface area contributed by atoms with E-state index in [4.69, 9.17) is 11.6 Å². The van der Waals surface area contributed by atoms with Crippen LogP contribution in [0.15, 0.2) is 18.2 Å². The summed E-state index contributed by atoms with van der Waals surface area (Å²) in [7, 11) is 0. The number of halogens is 1. The molecule has 5 heteroatoms. The number of nitrogens with one attached hydrogen (secondary N) is 1. The predicted octanol–water partition coefficient (Wildman–Crippen LogP) is 0.0114. The number of nitrogens with two attached hydrogens (primary N) is 2. The third-order valence-corrected chi connectivity index (χ3v) is 1.40. The maximum absolute atomic E-state index is 12.9. The molecule has 0 aliphatic heterocycles. The molecule has 0 radical (unpaired) electrons. The van der Waals surface area contributed by atoms with E-state index in [2.05, 4.69) is 0 Å². The highest BCUT2D eigenvalue weighted by molar-refractivity contribution is 5.98. The van der Waals surface area contributed by atoms with Gasteiger partial charge in [0.1, 0.15) is 5.82 Å². The Morgan fingerprint density at radius 3 is 2.67 bits per heavy atom. The lowest BCUT2D eigenvalue weighted by atomic mass is 10.1. The first-order valence-electron chi connectivity index (χ1n) is 3.21. The lowest BCUT2D eigenvalue weighted by Gasteiger charge is -2.03. The Morgan fingerprint density at radius 2 is 2.17 bits per heavy atom. The molecule has 1 amide bonds. The van der Waals surface area contributed by atoms with Crippen LogP contribution in [0.5, 0.6) is 0 Å². The normalized spacial score (nSPS) is 9.50. The van der Waals surface area contributed by atoms with Crippen molar-refractivity contribution in [2.24, 2.45) is 5.84 Å². The molecule has 4 nitrogen and oxygen atoms in total. The highest BCUT2D eigenvalue weighted by atomic mass is 19.1. The minimum Gasteiger partial charge on any atom is -0.398 e. The molecule has 0 bridgehead atoms. The first-order chi connectivity index (χ1) is 5.66. The number of carbonyl (C=O) groups excluding carboxylic acids is 1. The summed E-state index contributed by atoms with van der Waals surface area (Å²) in [5.74, 6) is 3.41. The fraction of sp³-hybridized carbons (Fsp3) is 0. The summed E-state index contributed by atoms with van der Waals surface area (Å²) >= 11 is 0. The number of hydrogen-bond donors (Lipinski definition) is 3. The first-order valence-corrected chi connectivity index (χ1v) is 3.21. The number of anilines is 1. The molecule has 1 aromatic rings. The molecule has 0 aromatic heterocycles. The van der Waals surface area contributed by atoms with Crippen LogP contribution in [0.1, 0.15) is 10.4 Å². The topological polar surface area (TPSA) is 81.1 Å². The van der Waals surface area contributed by atoms with Crippen LogP contribution in [0.2, 0.25) is 0 Å². The van der Waals surface area contributed by atoms with E-state index in [0.29, 0.717) is 0 Å². The van der Waals surface area contributed by atoms with E-state index in [-0.39, 0.29) is 11.3 Å². The van der Waals surface area contributed by atoms with Gasteiger partial charge in [-0.2, -0.15) is 0 Å². The van der Waals surface area contributed by atoms with Gasteiger partial charge in [0.25, 0.3) is 5.91 Å². The monoisotopic (exact) mass is 169 g/mol. The van der Waals surface area contributed by atoms with E-state index in [0.717, 1.165) is 6.07 Å². The maximum atomic E-state index is 12.9. The van der Waals surface area contributed by atoms with Gasteiger partial charge in [0.15, 0.2) is 0 Å². The number of benzene rings is 1. The predicted molar refractivity (Wildman–Crippen MR) is 42.5 cm³/mol. The number of rotatable bonds is 1. The molecular formula is C7H8FN3O. The van der Waals surface area contributed by atoms with Crippen LogP contribution in [-0.2, 0) is 0 Å². The molecule has 0 fully saturated rings. The lowest BCUT2D eigenvalue weighted by molar-refractivity contribution is 0.0950. The van der Waals surface area contributed by atoms with Crippen LogP contribution < -0.4 is 17.0 Å². The van der Waals surface area contributed by atoms with Crippen LogP contribution in [0.4, 0.5) is 10.1 Å². The Balaban J connectivity index is 3.21. The van der Waals surface area contributed by atoms with Gasteiger partial charge in [0.2, 0.25) is 0 Å². The van der Waals surface area contributed by atoms with Gasteiger partial charge < -0.3 is 5.73 Å². The zero-order valence-electron chi connectivity index (χ0n) is 6.17. The highest BCUT2D eigenvalue weighted by Gasteiger charge is 2.12. The molecule has 5 N–H and O–H groups in total.